The average molecular weight is 416 g/mol. The number of sulfone groups is 1. The number of nitrogens with one attached hydrogen (secondary N) is 1. The number of anilines is 1. The van der Waals surface area contributed by atoms with Crippen LogP contribution in [0.2, 0.25) is 0 Å². The monoisotopic (exact) mass is 415 g/mol. The highest BCUT2D eigenvalue weighted by molar-refractivity contribution is 9.10. The molecule has 0 aliphatic rings. The smallest absolute Gasteiger partial charge is 0.262 e. The van der Waals surface area contributed by atoms with Crippen molar-refractivity contribution in [2.24, 2.45) is 0 Å². The summed E-state index contributed by atoms with van der Waals surface area (Å²) in [6, 6.07) is 10.1. The minimum absolute atomic E-state index is 0.00526. The van der Waals surface area contributed by atoms with Crippen LogP contribution in [0.3, 0.4) is 0 Å². The third kappa shape index (κ3) is 4.78. The van der Waals surface area contributed by atoms with E-state index in [0.29, 0.717) is 10.2 Å². The molecule has 8 heteroatoms. The lowest BCUT2D eigenvalue weighted by Crippen LogP contribution is -2.20. The molecule has 2 aromatic rings. The normalized spacial score (nSPS) is 11.1. The summed E-state index contributed by atoms with van der Waals surface area (Å²) in [7, 11) is -3.28. The van der Waals surface area contributed by atoms with Crippen molar-refractivity contribution in [1.82, 2.24) is 0 Å². The lowest BCUT2D eigenvalue weighted by molar-refractivity contribution is -0.118. The van der Waals surface area contributed by atoms with E-state index in [9.17, 15) is 17.6 Å². The van der Waals surface area contributed by atoms with Gasteiger partial charge >= 0.3 is 0 Å². The quantitative estimate of drug-likeness (QED) is 0.784. The van der Waals surface area contributed by atoms with Crippen LogP contribution in [0.1, 0.15) is 6.92 Å². The second-order valence-electron chi connectivity index (χ2n) is 4.84. The van der Waals surface area contributed by atoms with Gasteiger partial charge in [-0.2, -0.15) is 0 Å². The van der Waals surface area contributed by atoms with Crippen molar-refractivity contribution >= 4 is 37.4 Å². The fourth-order valence-electron chi connectivity index (χ4n) is 1.84. The minimum atomic E-state index is -3.28. The molecule has 0 saturated carbocycles. The van der Waals surface area contributed by atoms with Crippen LogP contribution in [0.5, 0.6) is 5.75 Å². The first kappa shape index (κ1) is 18.4. The number of hydrogen-bond acceptors (Lipinski definition) is 4. The maximum atomic E-state index is 13.6. The maximum absolute atomic E-state index is 13.6. The molecule has 0 fully saturated rings. The van der Waals surface area contributed by atoms with Crippen LogP contribution in [-0.4, -0.2) is 26.7 Å². The maximum Gasteiger partial charge on any atom is 0.262 e. The molecule has 1 N–H and O–H groups in total. The Kier molecular flexibility index (Phi) is 5.95. The van der Waals surface area contributed by atoms with Gasteiger partial charge < -0.3 is 10.1 Å². The first-order valence-electron chi connectivity index (χ1n) is 7.02. The van der Waals surface area contributed by atoms with E-state index in [1.807, 2.05) is 0 Å². The van der Waals surface area contributed by atoms with Crippen LogP contribution >= 0.6 is 15.9 Å². The molecule has 0 aromatic heterocycles. The summed E-state index contributed by atoms with van der Waals surface area (Å²) in [5, 5.41) is 2.55. The molecule has 0 unspecified atom stereocenters. The molecule has 24 heavy (non-hydrogen) atoms. The highest BCUT2D eigenvalue weighted by Gasteiger charge is 2.12. The summed E-state index contributed by atoms with van der Waals surface area (Å²) in [5.41, 5.74) is 0.426. The van der Waals surface area contributed by atoms with Gasteiger partial charge in [0, 0.05) is 10.2 Å². The van der Waals surface area contributed by atoms with E-state index in [1.54, 1.807) is 13.0 Å². The molecule has 2 aromatic carbocycles. The standard InChI is InChI=1S/C16H15BrFNO4S/c1-2-24(21,22)13-6-4-12(5-7-13)19-16(20)10-23-15-8-3-11(17)9-14(15)18/h3-9H,2,10H2,1H3,(H,19,20). The number of carbonyl (C=O) groups excluding carboxylic acids is 1. The highest BCUT2D eigenvalue weighted by Crippen LogP contribution is 2.21. The molecule has 0 heterocycles. The van der Waals surface area contributed by atoms with E-state index in [1.165, 1.54) is 36.4 Å². The number of carbonyl (C=O) groups is 1. The van der Waals surface area contributed by atoms with Crippen LogP contribution in [0.25, 0.3) is 0 Å². The Labute approximate surface area is 147 Å². The summed E-state index contributed by atoms with van der Waals surface area (Å²) < 4.78 is 42.7. The SMILES string of the molecule is CCS(=O)(=O)c1ccc(NC(=O)COc2ccc(Br)cc2F)cc1. The Balaban J connectivity index is 1.95. The molecular weight excluding hydrogens is 401 g/mol. The number of rotatable bonds is 6. The van der Waals surface area contributed by atoms with Gasteiger partial charge in [-0.05, 0) is 42.5 Å². The molecule has 0 spiro atoms. The first-order valence-corrected chi connectivity index (χ1v) is 9.47. The van der Waals surface area contributed by atoms with Crippen molar-refractivity contribution in [3.8, 4) is 5.75 Å². The van der Waals surface area contributed by atoms with Gasteiger partial charge in [0.05, 0.1) is 10.6 Å². The molecule has 0 saturated heterocycles. The van der Waals surface area contributed by atoms with Gasteiger partial charge in [-0.25, -0.2) is 12.8 Å². The van der Waals surface area contributed by atoms with Crippen molar-refractivity contribution in [3.05, 3.63) is 52.8 Å². The molecule has 0 atom stereocenters. The van der Waals surface area contributed by atoms with E-state index >= 15 is 0 Å². The van der Waals surface area contributed by atoms with Crippen LogP contribution in [-0.2, 0) is 14.6 Å². The van der Waals surface area contributed by atoms with Gasteiger partial charge in [-0.3, -0.25) is 4.79 Å². The second kappa shape index (κ2) is 7.76. The Hall–Kier alpha value is -1.93. The van der Waals surface area contributed by atoms with Crippen LogP contribution in [0.15, 0.2) is 51.8 Å². The van der Waals surface area contributed by atoms with E-state index in [4.69, 9.17) is 4.74 Å². The Morgan fingerprint density at radius 1 is 1.21 bits per heavy atom. The van der Waals surface area contributed by atoms with Gasteiger partial charge in [-0.15, -0.1) is 0 Å². The number of amides is 1. The summed E-state index contributed by atoms with van der Waals surface area (Å²) in [6.07, 6.45) is 0. The van der Waals surface area contributed by atoms with Crippen LogP contribution in [0, 0.1) is 5.82 Å². The topological polar surface area (TPSA) is 72.5 Å². The van der Waals surface area contributed by atoms with Crippen molar-refractivity contribution in [2.45, 2.75) is 11.8 Å². The molecule has 0 aliphatic heterocycles. The third-order valence-corrected chi connectivity index (χ3v) is 5.37. The lowest BCUT2D eigenvalue weighted by Gasteiger charge is -2.09. The Bertz CT molecular complexity index is 838. The minimum Gasteiger partial charge on any atom is -0.481 e. The zero-order valence-corrected chi connectivity index (χ0v) is 15.2. The van der Waals surface area contributed by atoms with E-state index in [0.717, 1.165) is 0 Å². The second-order valence-corrected chi connectivity index (χ2v) is 8.03. The summed E-state index contributed by atoms with van der Waals surface area (Å²) in [6.45, 7) is 1.19. The number of benzene rings is 2. The summed E-state index contributed by atoms with van der Waals surface area (Å²) in [4.78, 5) is 12.0. The Morgan fingerprint density at radius 3 is 2.46 bits per heavy atom. The van der Waals surface area contributed by atoms with E-state index < -0.39 is 21.6 Å². The van der Waals surface area contributed by atoms with Gasteiger partial charge in [0.1, 0.15) is 0 Å². The fourth-order valence-corrected chi connectivity index (χ4v) is 3.06. The van der Waals surface area contributed by atoms with Gasteiger partial charge in [0.25, 0.3) is 5.91 Å². The van der Waals surface area contributed by atoms with Gasteiger partial charge in [0.15, 0.2) is 28.0 Å². The predicted molar refractivity (Wildman–Crippen MR) is 92.4 cm³/mol. The number of halogens is 2. The molecule has 0 radical (unpaired) electrons. The molecular formula is C16H15BrFNO4S. The van der Waals surface area contributed by atoms with Crippen LogP contribution in [0.4, 0.5) is 10.1 Å². The third-order valence-electron chi connectivity index (χ3n) is 3.13. The van der Waals surface area contributed by atoms with E-state index in [2.05, 4.69) is 21.2 Å². The number of hydrogen-bond donors (Lipinski definition) is 1. The zero-order chi connectivity index (χ0) is 17.7. The molecule has 0 aliphatic carbocycles. The molecule has 128 valence electrons. The first-order chi connectivity index (χ1) is 11.3. The molecule has 5 nitrogen and oxygen atoms in total. The van der Waals surface area contributed by atoms with Gasteiger partial charge in [-0.1, -0.05) is 22.9 Å². The Morgan fingerprint density at radius 2 is 1.88 bits per heavy atom. The average Bonchev–Trinajstić information content (AvgIpc) is 2.54. The predicted octanol–water partition coefficient (Wildman–Crippen LogP) is 3.40. The van der Waals surface area contributed by atoms with Crippen molar-refractivity contribution < 1.29 is 22.3 Å². The summed E-state index contributed by atoms with van der Waals surface area (Å²) in [5.74, 6) is -1.09. The largest absolute Gasteiger partial charge is 0.481 e. The van der Waals surface area contributed by atoms with E-state index in [-0.39, 0.29) is 23.0 Å². The lowest BCUT2D eigenvalue weighted by atomic mass is 10.3. The molecule has 0 bridgehead atoms. The van der Waals surface area contributed by atoms with Gasteiger partial charge in [0.2, 0.25) is 0 Å². The number of ether oxygens (including phenoxy) is 1. The van der Waals surface area contributed by atoms with Crippen LogP contribution < -0.4 is 10.1 Å². The van der Waals surface area contributed by atoms with Crippen molar-refractivity contribution in [2.75, 3.05) is 17.7 Å². The zero-order valence-electron chi connectivity index (χ0n) is 12.8. The highest BCUT2D eigenvalue weighted by atomic mass is 79.9. The fraction of sp³-hybridized carbons (Fsp3) is 0.188. The molecule has 1 amide bonds. The summed E-state index contributed by atoms with van der Waals surface area (Å²) >= 11 is 3.13. The van der Waals surface area contributed by atoms with Crippen molar-refractivity contribution in [3.63, 3.8) is 0 Å². The van der Waals surface area contributed by atoms with Crippen molar-refractivity contribution in [1.29, 1.82) is 0 Å². The molecule has 2 rings (SSSR count).